The first-order valence-electron chi connectivity index (χ1n) is 5.40. The quantitative estimate of drug-likeness (QED) is 0.553. The molecule has 1 heterocycles. The van der Waals surface area contributed by atoms with Gasteiger partial charge in [0.05, 0.1) is 4.70 Å². The van der Waals surface area contributed by atoms with Crippen LogP contribution in [0.5, 0.6) is 0 Å². The molecule has 0 saturated carbocycles. The zero-order chi connectivity index (χ0) is 13.6. The summed E-state index contributed by atoms with van der Waals surface area (Å²) in [6.07, 6.45) is 0. The molecule has 1 N–H and O–H groups in total. The molecular weight excluding hydrogens is 284 g/mol. The van der Waals surface area contributed by atoms with Gasteiger partial charge in [0.25, 0.3) is 10.1 Å². The summed E-state index contributed by atoms with van der Waals surface area (Å²) in [5.74, 6) is 0. The molecule has 0 saturated heterocycles. The van der Waals surface area contributed by atoms with Gasteiger partial charge in [-0.15, -0.1) is 11.3 Å². The highest BCUT2D eigenvalue weighted by Crippen LogP contribution is 2.29. The van der Waals surface area contributed by atoms with Gasteiger partial charge in [0.15, 0.2) is 5.43 Å². The third kappa shape index (κ3) is 1.94. The summed E-state index contributed by atoms with van der Waals surface area (Å²) < 4.78 is 32.9. The molecule has 0 aliphatic heterocycles. The Kier molecular flexibility index (Phi) is 2.67. The average Bonchev–Trinajstić information content (AvgIpc) is 2.37. The summed E-state index contributed by atoms with van der Waals surface area (Å²) in [4.78, 5) is 12.1. The number of fused-ring (bicyclic) bond motifs is 2. The third-order valence-corrected chi connectivity index (χ3v) is 5.09. The van der Waals surface area contributed by atoms with Gasteiger partial charge in [-0.25, -0.2) is 0 Å². The maximum absolute atomic E-state index is 12.3. The molecule has 0 unspecified atom stereocenters. The minimum atomic E-state index is -4.34. The van der Waals surface area contributed by atoms with Crippen LogP contribution >= 0.6 is 11.3 Å². The summed E-state index contributed by atoms with van der Waals surface area (Å²) in [5, 5.41) is 0.853. The molecule has 0 fully saturated rings. The summed E-state index contributed by atoms with van der Waals surface area (Å²) in [6, 6.07) is 11.3. The number of hydrogen-bond donors (Lipinski definition) is 1. The molecule has 0 amide bonds. The predicted octanol–water partition coefficient (Wildman–Crippen LogP) is 2.66. The minimum Gasteiger partial charge on any atom is -0.289 e. The van der Waals surface area contributed by atoms with Crippen LogP contribution in [0.15, 0.2) is 52.2 Å². The minimum absolute atomic E-state index is 0.224. The van der Waals surface area contributed by atoms with E-state index in [-0.39, 0.29) is 15.0 Å². The second-order valence-corrected chi connectivity index (χ2v) is 6.48. The Bertz CT molecular complexity index is 955. The molecule has 0 aliphatic carbocycles. The number of hydrogen-bond acceptors (Lipinski definition) is 4. The van der Waals surface area contributed by atoms with Crippen molar-refractivity contribution in [2.45, 2.75) is 4.90 Å². The molecule has 96 valence electrons. The van der Waals surface area contributed by atoms with Gasteiger partial charge < -0.3 is 0 Å². The van der Waals surface area contributed by atoms with Crippen LogP contribution in [0.25, 0.3) is 20.2 Å². The predicted molar refractivity (Wildman–Crippen MR) is 75.4 cm³/mol. The summed E-state index contributed by atoms with van der Waals surface area (Å²) in [7, 11) is -4.34. The lowest BCUT2D eigenvalue weighted by Crippen LogP contribution is -2.04. The molecule has 0 atom stereocenters. The molecule has 19 heavy (non-hydrogen) atoms. The van der Waals surface area contributed by atoms with E-state index in [1.54, 1.807) is 30.3 Å². The third-order valence-electron chi connectivity index (χ3n) is 2.85. The van der Waals surface area contributed by atoms with E-state index in [2.05, 4.69) is 0 Å². The fraction of sp³-hybridized carbons (Fsp3) is 0. The van der Waals surface area contributed by atoms with Crippen LogP contribution in [0.2, 0.25) is 0 Å². The molecule has 6 heteroatoms. The topological polar surface area (TPSA) is 71.4 Å². The fourth-order valence-corrected chi connectivity index (χ4v) is 4.11. The molecule has 3 aromatic rings. The molecule has 2 aromatic carbocycles. The first kappa shape index (κ1) is 12.3. The molecule has 3 rings (SSSR count). The Labute approximate surface area is 112 Å². The highest BCUT2D eigenvalue weighted by atomic mass is 32.2. The van der Waals surface area contributed by atoms with Gasteiger partial charge in [-0.05, 0) is 24.3 Å². The summed E-state index contributed by atoms with van der Waals surface area (Å²) >= 11 is 1.18. The van der Waals surface area contributed by atoms with Crippen LogP contribution in [0.4, 0.5) is 0 Å². The molecule has 4 nitrogen and oxygen atoms in total. The van der Waals surface area contributed by atoms with E-state index < -0.39 is 10.1 Å². The van der Waals surface area contributed by atoms with Crippen molar-refractivity contribution in [3.63, 3.8) is 0 Å². The van der Waals surface area contributed by atoms with E-state index >= 15 is 0 Å². The Morgan fingerprint density at radius 3 is 2.37 bits per heavy atom. The Hall–Kier alpha value is -1.76. The fourth-order valence-electron chi connectivity index (χ4n) is 2.00. The molecule has 1 aromatic heterocycles. The van der Waals surface area contributed by atoms with Crippen molar-refractivity contribution in [2.24, 2.45) is 0 Å². The number of rotatable bonds is 1. The van der Waals surface area contributed by atoms with E-state index in [1.165, 1.54) is 23.5 Å². The monoisotopic (exact) mass is 292 g/mol. The van der Waals surface area contributed by atoms with Gasteiger partial charge in [0.1, 0.15) is 4.90 Å². The van der Waals surface area contributed by atoms with E-state index in [4.69, 9.17) is 0 Å². The van der Waals surface area contributed by atoms with Crippen LogP contribution in [-0.2, 0) is 10.1 Å². The molecule has 0 radical (unpaired) electrons. The second kappa shape index (κ2) is 4.12. The van der Waals surface area contributed by atoms with E-state index in [0.29, 0.717) is 15.5 Å². The normalized spacial score (nSPS) is 12.1. The SMILES string of the molecule is O=c1c2ccccc2sc2c(S(=O)(=O)O)cccc12. The Balaban J connectivity index is 2.63. The lowest BCUT2D eigenvalue weighted by Gasteiger charge is -2.04. The lowest BCUT2D eigenvalue weighted by atomic mass is 10.2. The van der Waals surface area contributed by atoms with Crippen molar-refractivity contribution in [3.8, 4) is 0 Å². The van der Waals surface area contributed by atoms with Crippen LogP contribution in [0, 0.1) is 0 Å². The van der Waals surface area contributed by atoms with Gasteiger partial charge in [0.2, 0.25) is 0 Å². The summed E-state index contributed by atoms with van der Waals surface area (Å²) in [5.41, 5.74) is -0.227. The van der Waals surface area contributed by atoms with Crippen LogP contribution in [0.3, 0.4) is 0 Å². The molecule has 0 bridgehead atoms. The Morgan fingerprint density at radius 2 is 1.63 bits per heavy atom. The standard InChI is InChI=1S/C13H8O4S2/c14-12-8-4-1-2-6-10(8)18-13-9(12)5-3-7-11(13)19(15,16)17/h1-7H,(H,15,16,17). The maximum Gasteiger partial charge on any atom is 0.295 e. The van der Waals surface area contributed by atoms with Gasteiger partial charge in [0, 0.05) is 15.5 Å². The summed E-state index contributed by atoms with van der Waals surface area (Å²) in [6.45, 7) is 0. The van der Waals surface area contributed by atoms with Gasteiger partial charge in [-0.1, -0.05) is 18.2 Å². The van der Waals surface area contributed by atoms with E-state index in [9.17, 15) is 17.8 Å². The van der Waals surface area contributed by atoms with Crippen LogP contribution < -0.4 is 5.43 Å². The highest BCUT2D eigenvalue weighted by molar-refractivity contribution is 7.86. The Morgan fingerprint density at radius 1 is 0.947 bits per heavy atom. The smallest absolute Gasteiger partial charge is 0.289 e. The van der Waals surface area contributed by atoms with Crippen molar-refractivity contribution >= 4 is 41.6 Å². The lowest BCUT2D eigenvalue weighted by molar-refractivity contribution is 0.484. The van der Waals surface area contributed by atoms with Crippen LogP contribution in [0.1, 0.15) is 0 Å². The highest BCUT2D eigenvalue weighted by Gasteiger charge is 2.16. The molecule has 0 aliphatic rings. The number of benzene rings is 2. The van der Waals surface area contributed by atoms with Crippen molar-refractivity contribution < 1.29 is 13.0 Å². The zero-order valence-corrected chi connectivity index (χ0v) is 11.2. The van der Waals surface area contributed by atoms with Crippen molar-refractivity contribution in [1.29, 1.82) is 0 Å². The second-order valence-electron chi connectivity index (χ2n) is 4.04. The van der Waals surface area contributed by atoms with Crippen LogP contribution in [-0.4, -0.2) is 13.0 Å². The van der Waals surface area contributed by atoms with Gasteiger partial charge in [-0.3, -0.25) is 9.35 Å². The van der Waals surface area contributed by atoms with Gasteiger partial charge >= 0.3 is 0 Å². The molecular formula is C13H8O4S2. The van der Waals surface area contributed by atoms with Crippen molar-refractivity contribution in [2.75, 3.05) is 0 Å². The first-order chi connectivity index (χ1) is 8.98. The largest absolute Gasteiger partial charge is 0.295 e. The first-order valence-corrected chi connectivity index (χ1v) is 7.66. The van der Waals surface area contributed by atoms with Gasteiger partial charge in [-0.2, -0.15) is 8.42 Å². The van der Waals surface area contributed by atoms with E-state index in [0.717, 1.165) is 0 Å². The van der Waals surface area contributed by atoms with Crippen molar-refractivity contribution in [3.05, 3.63) is 52.7 Å². The average molecular weight is 292 g/mol. The van der Waals surface area contributed by atoms with E-state index in [1.807, 2.05) is 0 Å². The van der Waals surface area contributed by atoms with Crippen molar-refractivity contribution in [1.82, 2.24) is 0 Å². The molecule has 0 spiro atoms. The zero-order valence-electron chi connectivity index (χ0n) is 9.53. The maximum atomic E-state index is 12.3.